The summed E-state index contributed by atoms with van der Waals surface area (Å²) in [5.41, 5.74) is 2.30. The van der Waals surface area contributed by atoms with Crippen LogP contribution < -0.4 is 10.1 Å². The molecule has 0 saturated carbocycles. The van der Waals surface area contributed by atoms with Gasteiger partial charge >= 0.3 is 0 Å². The van der Waals surface area contributed by atoms with Gasteiger partial charge in [0.25, 0.3) is 0 Å². The molecular weight excluding hydrogens is 234 g/mol. The molecular formula is C14H22ClNO. The third-order valence-electron chi connectivity index (χ3n) is 2.69. The Morgan fingerprint density at radius 3 is 2.24 bits per heavy atom. The molecule has 0 aliphatic rings. The van der Waals surface area contributed by atoms with Gasteiger partial charge in [-0.25, -0.2) is 0 Å². The van der Waals surface area contributed by atoms with Crippen LogP contribution in [0.4, 0.5) is 0 Å². The van der Waals surface area contributed by atoms with Gasteiger partial charge in [-0.1, -0.05) is 25.4 Å². The maximum absolute atomic E-state index is 6.00. The second-order valence-corrected chi connectivity index (χ2v) is 5.79. The minimum absolute atomic E-state index is 0.118. The van der Waals surface area contributed by atoms with Crippen molar-refractivity contribution in [3.8, 4) is 5.75 Å². The standard InChI is InChI=1S/C14H22ClNO/c1-10-6-12(15)7-11(2)13(10)17-9-14(3,4)8-16-5/h6-7,16H,8-9H2,1-5H3. The van der Waals surface area contributed by atoms with Gasteiger partial charge in [-0.15, -0.1) is 0 Å². The fraction of sp³-hybridized carbons (Fsp3) is 0.571. The van der Waals surface area contributed by atoms with Crippen LogP contribution in [0.25, 0.3) is 0 Å². The van der Waals surface area contributed by atoms with Crippen molar-refractivity contribution in [2.45, 2.75) is 27.7 Å². The van der Waals surface area contributed by atoms with Crippen molar-refractivity contribution in [3.05, 3.63) is 28.3 Å². The summed E-state index contributed by atoms with van der Waals surface area (Å²) in [4.78, 5) is 0. The summed E-state index contributed by atoms with van der Waals surface area (Å²) >= 11 is 6.00. The van der Waals surface area contributed by atoms with Gasteiger partial charge in [0, 0.05) is 17.0 Å². The van der Waals surface area contributed by atoms with Gasteiger partial charge in [0.1, 0.15) is 5.75 Å². The fourth-order valence-corrected chi connectivity index (χ4v) is 2.25. The molecule has 0 heterocycles. The Balaban J connectivity index is 2.76. The molecule has 2 nitrogen and oxygen atoms in total. The third kappa shape index (κ3) is 4.21. The van der Waals surface area contributed by atoms with Crippen LogP contribution in [0.15, 0.2) is 12.1 Å². The minimum Gasteiger partial charge on any atom is -0.492 e. The fourth-order valence-electron chi connectivity index (χ4n) is 1.92. The summed E-state index contributed by atoms with van der Waals surface area (Å²) in [5, 5.41) is 3.95. The van der Waals surface area contributed by atoms with Crippen LogP contribution in [0.5, 0.6) is 5.75 Å². The molecule has 0 spiro atoms. The number of nitrogens with one attached hydrogen (secondary N) is 1. The Labute approximate surface area is 109 Å². The Hall–Kier alpha value is -0.730. The molecule has 1 aromatic carbocycles. The topological polar surface area (TPSA) is 21.3 Å². The molecule has 17 heavy (non-hydrogen) atoms. The molecule has 0 bridgehead atoms. The number of ether oxygens (including phenoxy) is 1. The van der Waals surface area contributed by atoms with Crippen LogP contribution in [-0.2, 0) is 0 Å². The van der Waals surface area contributed by atoms with Crippen molar-refractivity contribution in [2.24, 2.45) is 5.41 Å². The SMILES string of the molecule is CNCC(C)(C)COc1c(C)cc(Cl)cc1C. The first-order chi connectivity index (χ1) is 7.85. The second kappa shape index (κ2) is 5.74. The predicted octanol–water partition coefficient (Wildman–Crippen LogP) is 3.58. The van der Waals surface area contributed by atoms with Gasteiger partial charge in [-0.05, 0) is 44.2 Å². The van der Waals surface area contributed by atoms with E-state index < -0.39 is 0 Å². The smallest absolute Gasteiger partial charge is 0.125 e. The average molecular weight is 256 g/mol. The average Bonchev–Trinajstić information content (AvgIpc) is 2.15. The molecule has 0 saturated heterocycles. The summed E-state index contributed by atoms with van der Waals surface area (Å²) in [6, 6.07) is 3.88. The second-order valence-electron chi connectivity index (χ2n) is 5.35. The van der Waals surface area contributed by atoms with Gasteiger partial charge in [0.2, 0.25) is 0 Å². The van der Waals surface area contributed by atoms with E-state index in [2.05, 4.69) is 19.2 Å². The summed E-state index contributed by atoms with van der Waals surface area (Å²) in [5.74, 6) is 0.957. The molecule has 1 rings (SSSR count). The molecule has 0 fully saturated rings. The molecule has 0 atom stereocenters. The van der Waals surface area contributed by atoms with Crippen molar-refractivity contribution in [1.82, 2.24) is 5.32 Å². The van der Waals surface area contributed by atoms with E-state index in [-0.39, 0.29) is 5.41 Å². The van der Waals surface area contributed by atoms with E-state index in [0.29, 0.717) is 6.61 Å². The zero-order chi connectivity index (χ0) is 13.1. The predicted molar refractivity (Wildman–Crippen MR) is 74.1 cm³/mol. The lowest BCUT2D eigenvalue weighted by Gasteiger charge is -2.25. The summed E-state index contributed by atoms with van der Waals surface area (Å²) in [6.45, 7) is 10.0. The molecule has 0 aromatic heterocycles. The van der Waals surface area contributed by atoms with Crippen molar-refractivity contribution in [2.75, 3.05) is 20.2 Å². The Bertz CT molecular complexity index is 365. The normalized spacial score (nSPS) is 11.6. The number of hydrogen-bond donors (Lipinski definition) is 1. The minimum atomic E-state index is 0.118. The van der Waals surface area contributed by atoms with Crippen LogP contribution in [0.1, 0.15) is 25.0 Å². The first kappa shape index (κ1) is 14.3. The summed E-state index contributed by atoms with van der Waals surface area (Å²) in [6.07, 6.45) is 0. The first-order valence-corrected chi connectivity index (χ1v) is 6.28. The van der Waals surface area contributed by atoms with Crippen molar-refractivity contribution < 1.29 is 4.74 Å². The van der Waals surface area contributed by atoms with Crippen LogP contribution in [0.3, 0.4) is 0 Å². The third-order valence-corrected chi connectivity index (χ3v) is 2.91. The lowest BCUT2D eigenvalue weighted by atomic mass is 9.95. The highest BCUT2D eigenvalue weighted by molar-refractivity contribution is 6.30. The van der Waals surface area contributed by atoms with Crippen LogP contribution in [-0.4, -0.2) is 20.2 Å². The Morgan fingerprint density at radius 1 is 1.24 bits per heavy atom. The molecule has 1 N–H and O–H groups in total. The molecule has 3 heteroatoms. The first-order valence-electron chi connectivity index (χ1n) is 5.90. The molecule has 1 aromatic rings. The molecule has 0 unspecified atom stereocenters. The van der Waals surface area contributed by atoms with Crippen LogP contribution in [0.2, 0.25) is 5.02 Å². The van der Waals surface area contributed by atoms with E-state index in [1.54, 1.807) is 0 Å². The monoisotopic (exact) mass is 255 g/mol. The van der Waals surface area contributed by atoms with Crippen LogP contribution >= 0.6 is 11.6 Å². The number of aryl methyl sites for hydroxylation is 2. The lowest BCUT2D eigenvalue weighted by Crippen LogP contribution is -2.32. The summed E-state index contributed by atoms with van der Waals surface area (Å²) in [7, 11) is 1.96. The highest BCUT2D eigenvalue weighted by Crippen LogP contribution is 2.28. The maximum Gasteiger partial charge on any atom is 0.125 e. The van der Waals surface area contributed by atoms with E-state index in [0.717, 1.165) is 28.4 Å². The Morgan fingerprint density at radius 2 is 1.76 bits per heavy atom. The molecule has 0 amide bonds. The van der Waals surface area contributed by atoms with E-state index >= 15 is 0 Å². The number of benzene rings is 1. The number of rotatable bonds is 5. The highest BCUT2D eigenvalue weighted by atomic mass is 35.5. The van der Waals surface area contributed by atoms with Crippen LogP contribution in [0, 0.1) is 19.3 Å². The van der Waals surface area contributed by atoms with Gasteiger partial charge in [0.05, 0.1) is 6.61 Å². The molecule has 96 valence electrons. The zero-order valence-corrected chi connectivity index (χ0v) is 12.1. The van der Waals surface area contributed by atoms with E-state index in [4.69, 9.17) is 16.3 Å². The zero-order valence-electron chi connectivity index (χ0n) is 11.4. The number of hydrogen-bond acceptors (Lipinski definition) is 2. The van der Waals surface area contributed by atoms with Gasteiger partial charge in [-0.3, -0.25) is 0 Å². The largest absolute Gasteiger partial charge is 0.492 e. The van der Waals surface area contributed by atoms with E-state index in [9.17, 15) is 0 Å². The molecule has 0 aliphatic carbocycles. The van der Waals surface area contributed by atoms with Crippen molar-refractivity contribution in [3.63, 3.8) is 0 Å². The molecule has 0 aliphatic heterocycles. The van der Waals surface area contributed by atoms with Gasteiger partial charge in [0.15, 0.2) is 0 Å². The molecule has 0 radical (unpaired) electrons. The van der Waals surface area contributed by atoms with Gasteiger partial charge in [-0.2, -0.15) is 0 Å². The lowest BCUT2D eigenvalue weighted by molar-refractivity contribution is 0.177. The quantitative estimate of drug-likeness (QED) is 0.868. The van der Waals surface area contributed by atoms with Gasteiger partial charge < -0.3 is 10.1 Å². The number of halogens is 1. The maximum atomic E-state index is 6.00. The summed E-state index contributed by atoms with van der Waals surface area (Å²) < 4.78 is 5.94. The van der Waals surface area contributed by atoms with Crippen molar-refractivity contribution >= 4 is 11.6 Å². The highest BCUT2D eigenvalue weighted by Gasteiger charge is 2.18. The Kier molecular flexibility index (Phi) is 4.84. The van der Waals surface area contributed by atoms with Crippen molar-refractivity contribution in [1.29, 1.82) is 0 Å². The van der Waals surface area contributed by atoms with E-state index in [1.165, 1.54) is 0 Å². The van der Waals surface area contributed by atoms with E-state index in [1.807, 2.05) is 33.0 Å².